The van der Waals surface area contributed by atoms with Gasteiger partial charge in [-0.3, -0.25) is 4.79 Å². The van der Waals surface area contributed by atoms with Crippen molar-refractivity contribution < 1.29 is 4.79 Å². The maximum Gasteiger partial charge on any atom is 0.150 e. The van der Waals surface area contributed by atoms with Gasteiger partial charge in [0.15, 0.2) is 0 Å². The number of aldehydes is 1. The molecular formula is C12H15NO. The molecule has 1 aromatic carbocycles. The summed E-state index contributed by atoms with van der Waals surface area (Å²) in [6, 6.07) is 6.05. The third kappa shape index (κ3) is 1.79. The van der Waals surface area contributed by atoms with Gasteiger partial charge in [0.2, 0.25) is 0 Å². The maximum atomic E-state index is 10.7. The van der Waals surface area contributed by atoms with Crippen LogP contribution in [0.4, 0.5) is 5.69 Å². The molecule has 2 heteroatoms. The highest BCUT2D eigenvalue weighted by Gasteiger charge is 2.12. The van der Waals surface area contributed by atoms with E-state index < -0.39 is 0 Å². The standard InChI is InChI=1S/C12H15NO/c1-10-6-11(9-14)8-12(7-10)13-4-2-3-5-13/h6-9H,2-5H2,1H3. The van der Waals surface area contributed by atoms with Crippen molar-refractivity contribution >= 4 is 12.0 Å². The van der Waals surface area contributed by atoms with Gasteiger partial charge in [-0.15, -0.1) is 0 Å². The van der Waals surface area contributed by atoms with Crippen LogP contribution >= 0.6 is 0 Å². The lowest BCUT2D eigenvalue weighted by atomic mass is 10.1. The highest BCUT2D eigenvalue weighted by atomic mass is 16.1. The monoisotopic (exact) mass is 189 g/mol. The topological polar surface area (TPSA) is 20.3 Å². The van der Waals surface area contributed by atoms with Crippen LogP contribution in [0.5, 0.6) is 0 Å². The first-order valence-electron chi connectivity index (χ1n) is 5.11. The molecule has 1 saturated heterocycles. The van der Waals surface area contributed by atoms with E-state index in [2.05, 4.69) is 11.0 Å². The minimum Gasteiger partial charge on any atom is -0.372 e. The third-order valence-electron chi connectivity index (χ3n) is 2.69. The molecule has 2 rings (SSSR count). The quantitative estimate of drug-likeness (QED) is 0.666. The summed E-state index contributed by atoms with van der Waals surface area (Å²) < 4.78 is 0. The first kappa shape index (κ1) is 9.25. The van der Waals surface area contributed by atoms with Gasteiger partial charge in [-0.2, -0.15) is 0 Å². The van der Waals surface area contributed by atoms with Crippen molar-refractivity contribution in [3.05, 3.63) is 29.3 Å². The molecule has 74 valence electrons. The van der Waals surface area contributed by atoms with Crippen molar-refractivity contribution in [2.24, 2.45) is 0 Å². The van der Waals surface area contributed by atoms with Gasteiger partial charge in [0.1, 0.15) is 6.29 Å². The molecule has 0 aromatic heterocycles. The second-order valence-corrected chi connectivity index (χ2v) is 3.91. The molecule has 1 aliphatic rings. The predicted octanol–water partition coefficient (Wildman–Crippen LogP) is 2.41. The number of rotatable bonds is 2. The van der Waals surface area contributed by atoms with Gasteiger partial charge in [-0.25, -0.2) is 0 Å². The maximum absolute atomic E-state index is 10.7. The van der Waals surface area contributed by atoms with Gasteiger partial charge in [-0.1, -0.05) is 0 Å². The van der Waals surface area contributed by atoms with Crippen molar-refractivity contribution in [2.45, 2.75) is 19.8 Å². The molecule has 0 unspecified atom stereocenters. The fourth-order valence-corrected chi connectivity index (χ4v) is 2.02. The van der Waals surface area contributed by atoms with Crippen LogP contribution in [0.2, 0.25) is 0 Å². The molecule has 0 aliphatic carbocycles. The van der Waals surface area contributed by atoms with E-state index in [4.69, 9.17) is 0 Å². The Kier molecular flexibility index (Phi) is 2.53. The molecule has 0 atom stereocenters. The van der Waals surface area contributed by atoms with Gasteiger partial charge in [0, 0.05) is 24.3 Å². The van der Waals surface area contributed by atoms with E-state index in [1.807, 2.05) is 19.1 Å². The molecule has 0 N–H and O–H groups in total. The van der Waals surface area contributed by atoms with E-state index in [1.165, 1.54) is 18.5 Å². The molecule has 1 heterocycles. The summed E-state index contributed by atoms with van der Waals surface area (Å²) in [6.07, 6.45) is 3.46. The number of benzene rings is 1. The molecular weight excluding hydrogens is 174 g/mol. The Bertz CT molecular complexity index is 340. The minimum absolute atomic E-state index is 0.784. The summed E-state index contributed by atoms with van der Waals surface area (Å²) in [4.78, 5) is 13.1. The molecule has 2 nitrogen and oxygen atoms in total. The highest BCUT2D eigenvalue weighted by molar-refractivity contribution is 5.77. The zero-order chi connectivity index (χ0) is 9.97. The number of nitrogens with zero attached hydrogens (tertiary/aromatic N) is 1. The lowest BCUT2D eigenvalue weighted by Gasteiger charge is -2.18. The van der Waals surface area contributed by atoms with Crippen LogP contribution in [-0.4, -0.2) is 19.4 Å². The highest BCUT2D eigenvalue weighted by Crippen LogP contribution is 2.22. The summed E-state index contributed by atoms with van der Waals surface area (Å²) >= 11 is 0. The predicted molar refractivity (Wildman–Crippen MR) is 58.0 cm³/mol. The number of carbonyl (C=O) groups is 1. The lowest BCUT2D eigenvalue weighted by molar-refractivity contribution is 0.112. The molecule has 0 radical (unpaired) electrons. The van der Waals surface area contributed by atoms with Crippen molar-refractivity contribution in [1.82, 2.24) is 0 Å². The van der Waals surface area contributed by atoms with E-state index in [1.54, 1.807) is 0 Å². The molecule has 0 spiro atoms. The number of anilines is 1. The molecule has 0 bridgehead atoms. The fourth-order valence-electron chi connectivity index (χ4n) is 2.02. The molecule has 0 amide bonds. The van der Waals surface area contributed by atoms with Crippen molar-refractivity contribution in [2.75, 3.05) is 18.0 Å². The summed E-state index contributed by atoms with van der Waals surface area (Å²) in [5, 5.41) is 0. The molecule has 1 aliphatic heterocycles. The van der Waals surface area contributed by atoms with Crippen molar-refractivity contribution in [3.8, 4) is 0 Å². The zero-order valence-electron chi connectivity index (χ0n) is 8.49. The smallest absolute Gasteiger partial charge is 0.150 e. The number of hydrogen-bond acceptors (Lipinski definition) is 2. The van der Waals surface area contributed by atoms with Crippen LogP contribution in [0.25, 0.3) is 0 Å². The van der Waals surface area contributed by atoms with Gasteiger partial charge in [-0.05, 0) is 43.5 Å². The Labute approximate surface area is 84.5 Å². The second kappa shape index (κ2) is 3.82. The Morgan fingerprint density at radius 1 is 1.21 bits per heavy atom. The van der Waals surface area contributed by atoms with Crippen LogP contribution in [0.15, 0.2) is 18.2 Å². The number of carbonyl (C=O) groups excluding carboxylic acids is 1. The zero-order valence-corrected chi connectivity index (χ0v) is 8.49. The van der Waals surface area contributed by atoms with Gasteiger partial charge >= 0.3 is 0 Å². The van der Waals surface area contributed by atoms with E-state index in [0.29, 0.717) is 0 Å². The van der Waals surface area contributed by atoms with Crippen molar-refractivity contribution in [1.29, 1.82) is 0 Å². The van der Waals surface area contributed by atoms with Crippen LogP contribution in [0.1, 0.15) is 28.8 Å². The molecule has 0 saturated carbocycles. The second-order valence-electron chi connectivity index (χ2n) is 3.91. The minimum atomic E-state index is 0.784. The first-order valence-corrected chi connectivity index (χ1v) is 5.11. The van der Waals surface area contributed by atoms with Gasteiger partial charge in [0.25, 0.3) is 0 Å². The summed E-state index contributed by atoms with van der Waals surface area (Å²) in [6.45, 7) is 4.29. The normalized spacial score (nSPS) is 15.9. The van der Waals surface area contributed by atoms with Crippen LogP contribution < -0.4 is 4.90 Å². The molecule has 1 aromatic rings. The van der Waals surface area contributed by atoms with Crippen LogP contribution in [0.3, 0.4) is 0 Å². The summed E-state index contributed by atoms with van der Waals surface area (Å²) in [5.74, 6) is 0. The lowest BCUT2D eigenvalue weighted by Crippen LogP contribution is -2.17. The fraction of sp³-hybridized carbons (Fsp3) is 0.417. The number of aryl methyl sites for hydroxylation is 1. The molecule has 1 fully saturated rings. The summed E-state index contributed by atoms with van der Waals surface area (Å²) in [5.41, 5.74) is 3.15. The Hall–Kier alpha value is -1.31. The van der Waals surface area contributed by atoms with Crippen molar-refractivity contribution in [3.63, 3.8) is 0 Å². The Balaban J connectivity index is 2.31. The average molecular weight is 189 g/mol. The average Bonchev–Trinajstić information content (AvgIpc) is 2.69. The Morgan fingerprint density at radius 2 is 1.93 bits per heavy atom. The third-order valence-corrected chi connectivity index (χ3v) is 2.69. The first-order chi connectivity index (χ1) is 6.79. The van der Waals surface area contributed by atoms with Crippen LogP contribution in [-0.2, 0) is 0 Å². The van der Waals surface area contributed by atoms with Crippen LogP contribution in [0, 0.1) is 6.92 Å². The van der Waals surface area contributed by atoms with E-state index in [-0.39, 0.29) is 0 Å². The molecule has 14 heavy (non-hydrogen) atoms. The van der Waals surface area contributed by atoms with Gasteiger partial charge < -0.3 is 4.90 Å². The SMILES string of the molecule is Cc1cc(C=O)cc(N2CCCC2)c1. The Morgan fingerprint density at radius 3 is 2.57 bits per heavy atom. The number of hydrogen-bond donors (Lipinski definition) is 0. The summed E-state index contributed by atoms with van der Waals surface area (Å²) in [7, 11) is 0. The van der Waals surface area contributed by atoms with Gasteiger partial charge in [0.05, 0.1) is 0 Å². The van der Waals surface area contributed by atoms with E-state index in [0.717, 1.165) is 30.5 Å². The van der Waals surface area contributed by atoms with E-state index in [9.17, 15) is 4.79 Å². The van der Waals surface area contributed by atoms with E-state index >= 15 is 0 Å². The largest absolute Gasteiger partial charge is 0.372 e.